The van der Waals surface area contributed by atoms with E-state index in [2.05, 4.69) is 0 Å². The van der Waals surface area contributed by atoms with Crippen LogP contribution >= 0.6 is 11.6 Å². The molecule has 0 saturated carbocycles. The predicted molar refractivity (Wildman–Crippen MR) is 69.9 cm³/mol. The minimum absolute atomic E-state index is 0.132. The number of nitrogens with one attached hydrogen (secondary N) is 1. The van der Waals surface area contributed by atoms with Gasteiger partial charge in [-0.05, 0) is 12.3 Å². The second-order valence-electron chi connectivity index (χ2n) is 3.98. The summed E-state index contributed by atoms with van der Waals surface area (Å²) in [6, 6.07) is 0. The number of hydrogen-bond acceptors (Lipinski definition) is 5. The maximum atomic E-state index is 10.7. The van der Waals surface area contributed by atoms with Gasteiger partial charge >= 0.3 is 6.56 Å². The van der Waals surface area contributed by atoms with E-state index in [4.69, 9.17) is 17.8 Å². The summed E-state index contributed by atoms with van der Waals surface area (Å²) in [5.74, 6) is 0.159. The summed E-state index contributed by atoms with van der Waals surface area (Å²) in [6.45, 7) is 5.13. The highest BCUT2D eigenvalue weighted by Gasteiger charge is 2.15. The largest absolute Gasteiger partial charge is 0.417 e. The first-order valence-electron chi connectivity index (χ1n) is 5.39. The molecule has 0 spiro atoms. The van der Waals surface area contributed by atoms with Crippen molar-refractivity contribution in [2.45, 2.75) is 32.7 Å². The Bertz CT molecular complexity index is 221. The number of aliphatic hydroxyl groups excluding tert-OH is 2. The smallest absolute Gasteiger partial charge is 0.308 e. The average molecular weight is 258 g/mol. The molecule has 0 aromatic heterocycles. The van der Waals surface area contributed by atoms with Crippen molar-refractivity contribution in [2.75, 3.05) is 12.4 Å². The molecule has 5 nitrogen and oxygen atoms in total. The van der Waals surface area contributed by atoms with Crippen molar-refractivity contribution in [2.24, 2.45) is 5.92 Å². The van der Waals surface area contributed by atoms with Crippen LogP contribution in [-0.2, 0) is 4.74 Å². The molecular weight excluding hydrogens is 240 g/mol. The number of aliphatic hydroxyl groups is 2. The minimum Gasteiger partial charge on any atom is -0.417 e. The van der Waals surface area contributed by atoms with Crippen LogP contribution in [0.25, 0.3) is 0 Å². The molecule has 0 saturated heterocycles. The summed E-state index contributed by atoms with van der Waals surface area (Å²) in [4.78, 5) is 10.7. The van der Waals surface area contributed by atoms with E-state index in [0.717, 1.165) is 11.6 Å². The molecule has 0 bridgehead atoms. The lowest BCUT2D eigenvalue weighted by Crippen LogP contribution is -2.29. The fraction of sp³-hybridized carbons (Fsp3) is 0.889. The topological polar surface area (TPSA) is 78.8 Å². The van der Waals surface area contributed by atoms with Gasteiger partial charge < -0.3 is 20.2 Å². The monoisotopic (exact) mass is 258 g/mol. The number of hydrogen-bond donors (Lipinski definition) is 3. The molecule has 2 atom stereocenters. The van der Waals surface area contributed by atoms with Crippen LogP contribution in [-0.4, -0.2) is 55.3 Å². The molecule has 0 rings (SSSR count). The van der Waals surface area contributed by atoms with Gasteiger partial charge in [-0.3, -0.25) is 4.79 Å². The molecular formula is C9H18B2NO4S. The van der Waals surface area contributed by atoms with Crippen LogP contribution in [0.1, 0.15) is 20.3 Å². The predicted octanol–water partition coefficient (Wildman–Crippen LogP) is -0.126. The summed E-state index contributed by atoms with van der Waals surface area (Å²) in [5.41, 5.74) is 0. The van der Waals surface area contributed by atoms with E-state index in [1.165, 1.54) is 6.56 Å². The lowest BCUT2D eigenvalue weighted by molar-refractivity contribution is -0.137. The highest BCUT2D eigenvalue weighted by Crippen LogP contribution is 2.11. The van der Waals surface area contributed by atoms with E-state index in [1.807, 2.05) is 19.1 Å². The maximum Gasteiger partial charge on any atom is 0.308 e. The van der Waals surface area contributed by atoms with Crippen LogP contribution in [0.15, 0.2) is 0 Å². The molecule has 0 aromatic carbocycles. The van der Waals surface area contributed by atoms with Gasteiger partial charge in [0.15, 0.2) is 12.1 Å². The van der Waals surface area contributed by atoms with Crippen molar-refractivity contribution in [1.82, 2.24) is 5.23 Å². The van der Waals surface area contributed by atoms with Crippen LogP contribution in [0, 0.1) is 5.92 Å². The van der Waals surface area contributed by atoms with Gasteiger partial charge in [0.2, 0.25) is 7.98 Å². The lowest BCUT2D eigenvalue weighted by Gasteiger charge is -2.21. The highest BCUT2D eigenvalue weighted by molar-refractivity contribution is 8.24. The van der Waals surface area contributed by atoms with Crippen molar-refractivity contribution >= 4 is 32.0 Å². The number of carbonyl (C=O) groups excluding carboxylic acids is 1. The first-order valence-corrected chi connectivity index (χ1v) is 6.44. The summed E-state index contributed by atoms with van der Waals surface area (Å²) in [6.07, 6.45) is -0.725. The molecule has 1 amide bonds. The highest BCUT2D eigenvalue weighted by atomic mass is 32.2. The Kier molecular flexibility index (Phi) is 9.72. The molecule has 0 heterocycles. The summed E-state index contributed by atoms with van der Waals surface area (Å²) < 4.78 is 5.23. The van der Waals surface area contributed by atoms with Gasteiger partial charge in [0.1, 0.15) is 0 Å². The van der Waals surface area contributed by atoms with Gasteiger partial charge in [0.25, 0.3) is 0 Å². The fourth-order valence-electron chi connectivity index (χ4n) is 1.20. The van der Waals surface area contributed by atoms with Gasteiger partial charge in [-0.15, -0.1) is 0 Å². The number of carbonyl (C=O) groups is 1. The summed E-state index contributed by atoms with van der Waals surface area (Å²) >= 11 is 1.09. The average Bonchev–Trinajstić information content (AvgIpc) is 2.27. The molecule has 0 fully saturated rings. The zero-order valence-corrected chi connectivity index (χ0v) is 10.9. The Labute approximate surface area is 108 Å². The standard InChI is InChI=1S/C9H18B2NO4S/c1-6(2)3-7(4-13)16-8(14)5-17-11-9(15)12-10/h6-8,13-14H,3-5H2,1-2H3,(H,12,15). The van der Waals surface area contributed by atoms with Crippen molar-refractivity contribution in [3.8, 4) is 0 Å². The SMILES string of the molecule is [B]NC(=O)[B]SCC(O)OC(CO)CC(C)C. The van der Waals surface area contributed by atoms with E-state index in [-0.39, 0.29) is 18.5 Å². The van der Waals surface area contributed by atoms with Gasteiger partial charge in [0.05, 0.1) is 12.7 Å². The second kappa shape index (κ2) is 9.82. The third-order valence-corrected chi connectivity index (χ3v) is 2.72. The van der Waals surface area contributed by atoms with E-state index in [1.54, 1.807) is 0 Å². The summed E-state index contributed by atoms with van der Waals surface area (Å²) in [7, 11) is 4.88. The molecule has 0 aliphatic carbocycles. The number of amides is 1. The lowest BCUT2D eigenvalue weighted by atomic mass is 10.1. The van der Waals surface area contributed by atoms with E-state index >= 15 is 0 Å². The number of rotatable bonds is 9. The normalized spacial score (nSPS) is 14.4. The van der Waals surface area contributed by atoms with Crippen molar-refractivity contribution < 1.29 is 19.7 Å². The van der Waals surface area contributed by atoms with E-state index in [0.29, 0.717) is 12.3 Å². The Morgan fingerprint density at radius 2 is 2.24 bits per heavy atom. The zero-order valence-electron chi connectivity index (χ0n) is 10.1. The molecule has 0 aliphatic heterocycles. The molecule has 17 heavy (non-hydrogen) atoms. The van der Waals surface area contributed by atoms with Crippen LogP contribution < -0.4 is 5.23 Å². The van der Waals surface area contributed by atoms with Crippen LogP contribution in [0.4, 0.5) is 4.79 Å². The van der Waals surface area contributed by atoms with Crippen LogP contribution in [0.3, 0.4) is 0 Å². The Morgan fingerprint density at radius 3 is 2.71 bits per heavy atom. The van der Waals surface area contributed by atoms with E-state index < -0.39 is 12.1 Å². The Balaban J connectivity index is 3.74. The molecule has 3 N–H and O–H groups in total. The van der Waals surface area contributed by atoms with E-state index in [9.17, 15) is 9.90 Å². The Hall–Kier alpha value is -0.170. The minimum atomic E-state index is -1.02. The third kappa shape index (κ3) is 9.52. The maximum absolute atomic E-state index is 10.7. The Morgan fingerprint density at radius 1 is 1.59 bits per heavy atom. The van der Waals surface area contributed by atoms with Crippen LogP contribution in [0.2, 0.25) is 0 Å². The molecule has 3 radical (unpaired) electrons. The molecule has 0 aromatic rings. The first-order chi connectivity index (χ1) is 7.99. The van der Waals surface area contributed by atoms with Crippen molar-refractivity contribution in [3.63, 3.8) is 0 Å². The van der Waals surface area contributed by atoms with Gasteiger partial charge in [-0.1, -0.05) is 13.8 Å². The second-order valence-corrected chi connectivity index (χ2v) is 4.89. The molecule has 95 valence electrons. The molecule has 8 heteroatoms. The van der Waals surface area contributed by atoms with Crippen molar-refractivity contribution in [3.05, 3.63) is 0 Å². The third-order valence-electron chi connectivity index (χ3n) is 1.86. The van der Waals surface area contributed by atoms with Crippen LogP contribution in [0.5, 0.6) is 0 Å². The summed E-state index contributed by atoms with van der Waals surface area (Å²) in [5, 5.41) is 20.5. The fourth-order valence-corrected chi connectivity index (χ4v) is 1.76. The zero-order chi connectivity index (χ0) is 13.3. The molecule has 0 aliphatic rings. The first kappa shape index (κ1) is 16.8. The van der Waals surface area contributed by atoms with Gasteiger partial charge in [-0.25, -0.2) is 0 Å². The van der Waals surface area contributed by atoms with Crippen molar-refractivity contribution in [1.29, 1.82) is 0 Å². The number of ether oxygens (including phenoxy) is 1. The van der Waals surface area contributed by atoms with Gasteiger partial charge in [0, 0.05) is 5.75 Å². The quantitative estimate of drug-likeness (QED) is 0.396. The van der Waals surface area contributed by atoms with Gasteiger partial charge in [-0.2, -0.15) is 11.6 Å². The molecule has 2 unspecified atom stereocenters.